The average molecular weight is 157 g/mol. The van der Waals surface area contributed by atoms with Crippen LogP contribution in [0.2, 0.25) is 0 Å². The summed E-state index contributed by atoms with van der Waals surface area (Å²) in [5.41, 5.74) is 5.04. The Morgan fingerprint density at radius 3 is 2.09 bits per heavy atom. The van der Waals surface area contributed by atoms with Gasteiger partial charge in [-0.05, 0) is 26.7 Å². The van der Waals surface area contributed by atoms with E-state index in [1.54, 1.807) is 0 Å². The molecule has 0 amide bonds. The minimum absolute atomic E-state index is 0.186. The number of carbonyl (C=O) groups excluding carboxylic acids is 1. The van der Waals surface area contributed by atoms with Crippen LogP contribution in [0.5, 0.6) is 0 Å². The fraction of sp³-hybridized carbons (Fsp3) is 0.875. The first kappa shape index (κ1) is 8.53. The van der Waals surface area contributed by atoms with Crippen LogP contribution in [-0.2, 0) is 9.53 Å². The lowest BCUT2D eigenvalue weighted by Crippen LogP contribution is -2.63. The van der Waals surface area contributed by atoms with Crippen molar-refractivity contribution < 1.29 is 9.53 Å². The Morgan fingerprint density at radius 2 is 2.00 bits per heavy atom. The Morgan fingerprint density at radius 1 is 1.45 bits per heavy atom. The molecule has 0 aliphatic heterocycles. The number of rotatable bonds is 1. The van der Waals surface area contributed by atoms with Crippen LogP contribution in [0, 0.1) is 5.41 Å². The molecule has 0 aromatic heterocycles. The van der Waals surface area contributed by atoms with Gasteiger partial charge in [-0.1, -0.05) is 0 Å². The number of carbonyl (C=O) groups is 1. The van der Waals surface area contributed by atoms with Crippen LogP contribution in [0.25, 0.3) is 0 Å². The van der Waals surface area contributed by atoms with Gasteiger partial charge in [0.2, 0.25) is 0 Å². The molecule has 0 aromatic rings. The van der Waals surface area contributed by atoms with Crippen molar-refractivity contribution in [2.75, 3.05) is 7.11 Å². The van der Waals surface area contributed by atoms with E-state index in [-0.39, 0.29) is 11.5 Å². The molecule has 64 valence electrons. The number of hydrogen-bond acceptors (Lipinski definition) is 3. The van der Waals surface area contributed by atoms with E-state index in [9.17, 15) is 4.79 Å². The van der Waals surface area contributed by atoms with Crippen molar-refractivity contribution in [1.82, 2.24) is 0 Å². The fourth-order valence-electron chi connectivity index (χ4n) is 1.45. The molecule has 1 rings (SSSR count). The number of methoxy groups -OCH3 is 1. The smallest absolute Gasteiger partial charge is 0.313 e. The lowest BCUT2D eigenvalue weighted by Gasteiger charge is -2.51. The van der Waals surface area contributed by atoms with Gasteiger partial charge in [0.15, 0.2) is 0 Å². The first-order chi connectivity index (χ1) is 4.94. The maximum absolute atomic E-state index is 11.2. The molecule has 2 atom stereocenters. The fourth-order valence-corrected chi connectivity index (χ4v) is 1.45. The van der Waals surface area contributed by atoms with Gasteiger partial charge < -0.3 is 10.5 Å². The molecule has 1 fully saturated rings. The van der Waals surface area contributed by atoms with Crippen LogP contribution in [-0.4, -0.2) is 18.6 Å². The topological polar surface area (TPSA) is 52.3 Å². The number of nitrogens with two attached hydrogens (primary N) is 1. The Balaban J connectivity index is 2.77. The second-order valence-electron chi connectivity index (χ2n) is 3.74. The SMILES string of the molecule is COC(=O)[C@@]1(C)CC[C@@]1(C)N. The van der Waals surface area contributed by atoms with Crippen molar-refractivity contribution in [3.63, 3.8) is 0 Å². The highest BCUT2D eigenvalue weighted by Gasteiger charge is 2.56. The Kier molecular flexibility index (Phi) is 1.71. The Labute approximate surface area is 66.9 Å². The summed E-state index contributed by atoms with van der Waals surface area (Å²) in [6.45, 7) is 3.76. The number of esters is 1. The second-order valence-corrected chi connectivity index (χ2v) is 3.74. The summed E-state index contributed by atoms with van der Waals surface area (Å²) in [5.74, 6) is -0.186. The second kappa shape index (κ2) is 2.21. The normalized spacial score (nSPS) is 42.9. The third-order valence-corrected chi connectivity index (χ3v) is 3.04. The summed E-state index contributed by atoms with van der Waals surface area (Å²) < 4.78 is 4.67. The van der Waals surface area contributed by atoms with Gasteiger partial charge in [0, 0.05) is 5.54 Å². The largest absolute Gasteiger partial charge is 0.469 e. The lowest BCUT2D eigenvalue weighted by atomic mass is 9.57. The van der Waals surface area contributed by atoms with E-state index in [0.717, 1.165) is 12.8 Å². The highest BCUT2D eigenvalue weighted by molar-refractivity contribution is 5.79. The summed E-state index contributed by atoms with van der Waals surface area (Å²) in [6, 6.07) is 0. The molecule has 0 spiro atoms. The van der Waals surface area contributed by atoms with E-state index in [1.165, 1.54) is 7.11 Å². The van der Waals surface area contributed by atoms with Gasteiger partial charge in [-0.2, -0.15) is 0 Å². The van der Waals surface area contributed by atoms with E-state index < -0.39 is 5.41 Å². The van der Waals surface area contributed by atoms with Crippen molar-refractivity contribution in [2.24, 2.45) is 11.1 Å². The van der Waals surface area contributed by atoms with Crippen molar-refractivity contribution in [1.29, 1.82) is 0 Å². The number of hydrogen-bond donors (Lipinski definition) is 1. The monoisotopic (exact) mass is 157 g/mol. The molecule has 2 N–H and O–H groups in total. The van der Waals surface area contributed by atoms with E-state index in [4.69, 9.17) is 5.73 Å². The molecule has 0 radical (unpaired) electrons. The Bertz CT molecular complexity index is 189. The predicted octanol–water partition coefficient (Wildman–Crippen LogP) is 0.677. The molecule has 1 saturated carbocycles. The molecule has 0 heterocycles. The molecular weight excluding hydrogens is 142 g/mol. The molecule has 0 saturated heterocycles. The van der Waals surface area contributed by atoms with E-state index in [2.05, 4.69) is 4.74 Å². The zero-order valence-electron chi connectivity index (χ0n) is 7.31. The van der Waals surface area contributed by atoms with E-state index >= 15 is 0 Å². The maximum atomic E-state index is 11.2. The van der Waals surface area contributed by atoms with Crippen LogP contribution in [0.4, 0.5) is 0 Å². The van der Waals surface area contributed by atoms with Gasteiger partial charge >= 0.3 is 5.97 Å². The van der Waals surface area contributed by atoms with Crippen molar-refractivity contribution >= 4 is 5.97 Å². The highest BCUT2D eigenvalue weighted by atomic mass is 16.5. The minimum Gasteiger partial charge on any atom is -0.469 e. The first-order valence-electron chi connectivity index (χ1n) is 3.81. The van der Waals surface area contributed by atoms with Crippen LogP contribution in [0.3, 0.4) is 0 Å². The zero-order chi connectivity index (χ0) is 8.70. The molecule has 11 heavy (non-hydrogen) atoms. The van der Waals surface area contributed by atoms with Gasteiger partial charge in [0.25, 0.3) is 0 Å². The first-order valence-corrected chi connectivity index (χ1v) is 3.81. The van der Waals surface area contributed by atoms with E-state index in [1.807, 2.05) is 13.8 Å². The van der Waals surface area contributed by atoms with Crippen molar-refractivity contribution in [3.05, 3.63) is 0 Å². The molecule has 0 bridgehead atoms. The summed E-state index contributed by atoms with van der Waals surface area (Å²) in [7, 11) is 1.40. The maximum Gasteiger partial charge on any atom is 0.313 e. The summed E-state index contributed by atoms with van der Waals surface area (Å²) in [6.07, 6.45) is 1.74. The van der Waals surface area contributed by atoms with E-state index in [0.29, 0.717) is 0 Å². The van der Waals surface area contributed by atoms with Gasteiger partial charge in [0.1, 0.15) is 0 Å². The standard InChI is InChI=1S/C8H15NO2/c1-7(6(10)11-3)4-5-8(7,2)9/h4-5,9H2,1-3H3/t7-,8-/m1/s1. The lowest BCUT2D eigenvalue weighted by molar-refractivity contribution is -0.164. The summed E-state index contributed by atoms with van der Waals surface area (Å²) in [5, 5.41) is 0. The van der Waals surface area contributed by atoms with Crippen molar-refractivity contribution in [3.8, 4) is 0 Å². The Hall–Kier alpha value is -0.570. The van der Waals surface area contributed by atoms with Crippen molar-refractivity contribution in [2.45, 2.75) is 32.2 Å². The highest BCUT2D eigenvalue weighted by Crippen LogP contribution is 2.48. The van der Waals surface area contributed by atoms with Crippen LogP contribution >= 0.6 is 0 Å². The third kappa shape index (κ3) is 0.948. The quantitative estimate of drug-likeness (QED) is 0.569. The molecule has 3 heteroatoms. The molecule has 0 unspecified atom stereocenters. The van der Waals surface area contributed by atoms with Gasteiger partial charge in [-0.15, -0.1) is 0 Å². The van der Waals surface area contributed by atoms with Gasteiger partial charge in [-0.3, -0.25) is 4.79 Å². The van der Waals surface area contributed by atoms with Crippen LogP contribution < -0.4 is 5.73 Å². The van der Waals surface area contributed by atoms with Gasteiger partial charge in [-0.25, -0.2) is 0 Å². The third-order valence-electron chi connectivity index (χ3n) is 3.04. The summed E-state index contributed by atoms with van der Waals surface area (Å²) >= 11 is 0. The minimum atomic E-state index is -0.457. The summed E-state index contributed by atoms with van der Waals surface area (Å²) in [4.78, 5) is 11.2. The van der Waals surface area contributed by atoms with Crippen LogP contribution in [0.1, 0.15) is 26.7 Å². The average Bonchev–Trinajstić information content (AvgIpc) is 1.99. The molecule has 1 aliphatic rings. The molecule has 3 nitrogen and oxygen atoms in total. The van der Waals surface area contributed by atoms with Crippen LogP contribution in [0.15, 0.2) is 0 Å². The molecular formula is C8H15NO2. The van der Waals surface area contributed by atoms with Gasteiger partial charge in [0.05, 0.1) is 12.5 Å². The zero-order valence-corrected chi connectivity index (χ0v) is 7.31. The number of ether oxygens (including phenoxy) is 1. The molecule has 1 aliphatic carbocycles. The predicted molar refractivity (Wildman–Crippen MR) is 41.9 cm³/mol. The molecule has 0 aromatic carbocycles.